The summed E-state index contributed by atoms with van der Waals surface area (Å²) in [7, 11) is 4.17. The molecule has 1 aliphatic rings. The highest BCUT2D eigenvalue weighted by Gasteiger charge is 2.25. The second kappa shape index (κ2) is 7.60. The molecule has 0 radical (unpaired) electrons. The van der Waals surface area contributed by atoms with E-state index >= 15 is 0 Å². The van der Waals surface area contributed by atoms with E-state index in [4.69, 9.17) is 5.73 Å². The lowest BCUT2D eigenvalue weighted by molar-refractivity contribution is 0.0635. The van der Waals surface area contributed by atoms with Gasteiger partial charge in [0.25, 0.3) is 5.91 Å². The topological polar surface area (TPSA) is 62.5 Å². The standard InChI is InChI=1S/C23H26N4O/c1-26(2)19-4-3-13-27(15-19)23(28)17-7-5-16(6-8-17)18-9-10-22-20(14-18)21(24)11-12-25-22/h5-12,14,19H,3-4,13,15H2,1-2H3,(H2,24,25)/t19-/m1/s1. The van der Waals surface area contributed by atoms with Crippen molar-refractivity contribution < 1.29 is 4.79 Å². The van der Waals surface area contributed by atoms with E-state index in [-0.39, 0.29) is 5.91 Å². The Bertz CT molecular complexity index is 997. The fraction of sp³-hybridized carbons (Fsp3) is 0.304. The van der Waals surface area contributed by atoms with E-state index in [9.17, 15) is 4.79 Å². The zero-order valence-corrected chi connectivity index (χ0v) is 16.4. The number of nitrogens with two attached hydrogens (primary N) is 1. The van der Waals surface area contributed by atoms with Crippen molar-refractivity contribution in [3.8, 4) is 11.1 Å². The van der Waals surface area contributed by atoms with Crippen LogP contribution in [0, 0.1) is 0 Å². The van der Waals surface area contributed by atoms with Crippen LogP contribution >= 0.6 is 0 Å². The number of piperidine rings is 1. The predicted molar refractivity (Wildman–Crippen MR) is 114 cm³/mol. The van der Waals surface area contributed by atoms with Gasteiger partial charge in [0.05, 0.1) is 5.52 Å². The molecule has 1 fully saturated rings. The van der Waals surface area contributed by atoms with Crippen LogP contribution in [0.2, 0.25) is 0 Å². The van der Waals surface area contributed by atoms with Crippen molar-refractivity contribution in [3.05, 3.63) is 60.3 Å². The third kappa shape index (κ3) is 3.58. The lowest BCUT2D eigenvalue weighted by Gasteiger charge is -2.36. The van der Waals surface area contributed by atoms with Crippen LogP contribution in [0.4, 0.5) is 5.69 Å². The summed E-state index contributed by atoms with van der Waals surface area (Å²) in [5.41, 5.74) is 10.6. The maximum atomic E-state index is 12.9. The molecule has 1 atom stereocenters. The first-order chi connectivity index (χ1) is 13.5. The summed E-state index contributed by atoms with van der Waals surface area (Å²) in [6, 6.07) is 16.2. The maximum Gasteiger partial charge on any atom is 0.253 e. The average molecular weight is 374 g/mol. The lowest BCUT2D eigenvalue weighted by atomic mass is 10.00. The zero-order valence-electron chi connectivity index (χ0n) is 16.4. The highest BCUT2D eigenvalue weighted by atomic mass is 16.2. The van der Waals surface area contributed by atoms with E-state index in [1.807, 2.05) is 47.4 Å². The average Bonchev–Trinajstić information content (AvgIpc) is 2.73. The number of likely N-dealkylation sites (tertiary alicyclic amines) is 1. The van der Waals surface area contributed by atoms with Gasteiger partial charge in [-0.1, -0.05) is 18.2 Å². The van der Waals surface area contributed by atoms with Gasteiger partial charge in [-0.2, -0.15) is 0 Å². The first-order valence-corrected chi connectivity index (χ1v) is 9.73. The SMILES string of the molecule is CN(C)[C@@H]1CCCN(C(=O)c2ccc(-c3ccc4nccc(N)c4c3)cc2)C1. The van der Waals surface area contributed by atoms with Crippen LogP contribution in [0.15, 0.2) is 54.7 Å². The number of hydrogen-bond acceptors (Lipinski definition) is 4. The molecule has 0 unspecified atom stereocenters. The molecule has 1 aromatic heterocycles. The quantitative estimate of drug-likeness (QED) is 0.760. The Kier molecular flexibility index (Phi) is 5.01. The summed E-state index contributed by atoms with van der Waals surface area (Å²) < 4.78 is 0. The van der Waals surface area contributed by atoms with E-state index in [0.717, 1.165) is 59.2 Å². The number of likely N-dealkylation sites (N-methyl/N-ethyl adjacent to an activating group) is 1. The first-order valence-electron chi connectivity index (χ1n) is 9.73. The number of anilines is 1. The molecule has 1 amide bonds. The van der Waals surface area contributed by atoms with E-state index in [1.165, 1.54) is 0 Å². The summed E-state index contributed by atoms with van der Waals surface area (Å²) in [6.45, 7) is 1.63. The van der Waals surface area contributed by atoms with Crippen molar-refractivity contribution >= 4 is 22.5 Å². The summed E-state index contributed by atoms with van der Waals surface area (Å²) >= 11 is 0. The molecule has 0 aliphatic carbocycles. The number of hydrogen-bond donors (Lipinski definition) is 1. The molecule has 1 saturated heterocycles. The van der Waals surface area contributed by atoms with Crippen LogP contribution in [0.3, 0.4) is 0 Å². The van der Waals surface area contributed by atoms with Crippen LogP contribution in [0.25, 0.3) is 22.0 Å². The molecule has 4 rings (SSSR count). The van der Waals surface area contributed by atoms with Gasteiger partial charge >= 0.3 is 0 Å². The fourth-order valence-corrected chi connectivity index (χ4v) is 3.90. The smallest absolute Gasteiger partial charge is 0.253 e. The van der Waals surface area contributed by atoms with Gasteiger partial charge in [-0.15, -0.1) is 0 Å². The lowest BCUT2D eigenvalue weighted by Crippen LogP contribution is -2.47. The number of carbonyl (C=O) groups excluding carboxylic acids is 1. The third-order valence-corrected chi connectivity index (χ3v) is 5.65. The molecule has 5 nitrogen and oxygen atoms in total. The molecule has 5 heteroatoms. The minimum Gasteiger partial charge on any atom is -0.398 e. The Labute approximate surface area is 165 Å². The molecule has 1 aliphatic heterocycles. The van der Waals surface area contributed by atoms with Crippen LogP contribution < -0.4 is 5.73 Å². The Morgan fingerprint density at radius 3 is 2.61 bits per heavy atom. The second-order valence-corrected chi connectivity index (χ2v) is 7.72. The second-order valence-electron chi connectivity index (χ2n) is 7.72. The zero-order chi connectivity index (χ0) is 19.7. The molecule has 144 valence electrons. The van der Waals surface area contributed by atoms with Crippen LogP contribution in [0.1, 0.15) is 23.2 Å². The minimum absolute atomic E-state index is 0.116. The molecule has 3 aromatic rings. The monoisotopic (exact) mass is 374 g/mol. The van der Waals surface area contributed by atoms with Crippen LogP contribution in [-0.2, 0) is 0 Å². The fourth-order valence-electron chi connectivity index (χ4n) is 3.90. The van der Waals surface area contributed by atoms with E-state index in [2.05, 4.69) is 30.0 Å². The van der Waals surface area contributed by atoms with Crippen molar-refractivity contribution in [3.63, 3.8) is 0 Å². The van der Waals surface area contributed by atoms with E-state index in [0.29, 0.717) is 6.04 Å². The number of aromatic nitrogens is 1. The number of pyridine rings is 1. The summed E-state index contributed by atoms with van der Waals surface area (Å²) in [5.74, 6) is 0.116. The number of nitrogens with zero attached hydrogens (tertiary/aromatic N) is 3. The van der Waals surface area contributed by atoms with Crippen molar-refractivity contribution in [1.82, 2.24) is 14.8 Å². The van der Waals surface area contributed by atoms with E-state index < -0.39 is 0 Å². The summed E-state index contributed by atoms with van der Waals surface area (Å²) in [4.78, 5) is 21.5. The van der Waals surface area contributed by atoms with Gasteiger partial charge < -0.3 is 15.5 Å². The van der Waals surface area contributed by atoms with Gasteiger partial charge in [0.2, 0.25) is 0 Å². The highest BCUT2D eigenvalue weighted by molar-refractivity contribution is 5.96. The van der Waals surface area contributed by atoms with Gasteiger partial charge in [-0.25, -0.2) is 0 Å². The highest BCUT2D eigenvalue weighted by Crippen LogP contribution is 2.27. The summed E-state index contributed by atoms with van der Waals surface area (Å²) in [5, 5.41) is 0.947. The number of nitrogen functional groups attached to an aromatic ring is 1. The molecule has 2 aromatic carbocycles. The van der Waals surface area contributed by atoms with Gasteiger partial charge in [0, 0.05) is 42.0 Å². The van der Waals surface area contributed by atoms with Crippen LogP contribution in [0.5, 0.6) is 0 Å². The number of fused-ring (bicyclic) bond motifs is 1. The van der Waals surface area contributed by atoms with Gasteiger partial charge in [0.15, 0.2) is 0 Å². The predicted octanol–water partition coefficient (Wildman–Crippen LogP) is 3.65. The van der Waals surface area contributed by atoms with Crippen molar-refractivity contribution in [2.75, 3.05) is 32.9 Å². The third-order valence-electron chi connectivity index (χ3n) is 5.65. The van der Waals surface area contributed by atoms with Gasteiger partial charge in [-0.3, -0.25) is 9.78 Å². The number of carbonyl (C=O) groups is 1. The molecular formula is C23H26N4O. The molecule has 0 bridgehead atoms. The Hall–Kier alpha value is -2.92. The van der Waals surface area contributed by atoms with Crippen molar-refractivity contribution in [1.29, 1.82) is 0 Å². The van der Waals surface area contributed by atoms with Crippen LogP contribution in [-0.4, -0.2) is 53.9 Å². The van der Waals surface area contributed by atoms with Gasteiger partial charge in [-0.05, 0) is 68.4 Å². The Balaban J connectivity index is 1.55. The normalized spacial score (nSPS) is 17.2. The molecule has 2 N–H and O–H groups in total. The molecular weight excluding hydrogens is 348 g/mol. The Morgan fingerprint density at radius 1 is 1.11 bits per heavy atom. The number of amides is 1. The number of rotatable bonds is 3. The van der Waals surface area contributed by atoms with Gasteiger partial charge in [0.1, 0.15) is 0 Å². The van der Waals surface area contributed by atoms with E-state index in [1.54, 1.807) is 6.20 Å². The summed E-state index contributed by atoms with van der Waals surface area (Å²) in [6.07, 6.45) is 3.92. The molecule has 28 heavy (non-hydrogen) atoms. The molecule has 0 saturated carbocycles. The first kappa shape index (κ1) is 18.4. The Morgan fingerprint density at radius 2 is 1.86 bits per heavy atom. The van der Waals surface area contributed by atoms with Crippen molar-refractivity contribution in [2.24, 2.45) is 0 Å². The minimum atomic E-state index is 0.116. The maximum absolute atomic E-state index is 12.9. The largest absolute Gasteiger partial charge is 0.398 e. The van der Waals surface area contributed by atoms with Crippen molar-refractivity contribution in [2.45, 2.75) is 18.9 Å². The molecule has 2 heterocycles. The molecule has 0 spiro atoms. The number of benzene rings is 2.